The Morgan fingerprint density at radius 3 is 2.74 bits per heavy atom. The first-order chi connectivity index (χ1) is 13.0. The van der Waals surface area contributed by atoms with Crippen LogP contribution >= 0.6 is 23.2 Å². The van der Waals surface area contributed by atoms with Gasteiger partial charge in [-0.25, -0.2) is 0 Å². The smallest absolute Gasteiger partial charge is 0.205 e. The molecule has 0 spiro atoms. The second kappa shape index (κ2) is 6.80. The van der Waals surface area contributed by atoms with Crippen LogP contribution in [0, 0.1) is 11.3 Å². The van der Waals surface area contributed by atoms with Gasteiger partial charge in [0.05, 0.1) is 10.9 Å². The Morgan fingerprint density at radius 1 is 1.19 bits per heavy atom. The van der Waals surface area contributed by atoms with Crippen LogP contribution in [0.5, 0.6) is 0 Å². The number of hydrogen-bond acceptors (Lipinski definition) is 5. The average molecular weight is 401 g/mol. The largest absolute Gasteiger partial charge is 0.460 e. The minimum atomic E-state index is -0.675. The molecule has 0 bridgehead atoms. The van der Waals surface area contributed by atoms with Gasteiger partial charge in [-0.05, 0) is 36.8 Å². The topological polar surface area (TPSA) is 89.3 Å². The monoisotopic (exact) mass is 400 g/mol. The zero-order chi connectivity index (χ0) is 19.1. The van der Waals surface area contributed by atoms with Crippen LogP contribution in [0.1, 0.15) is 30.9 Å². The van der Waals surface area contributed by atoms with E-state index in [0.29, 0.717) is 57.7 Å². The molecule has 27 heavy (non-hydrogen) atoms. The molecule has 0 radical (unpaired) electrons. The average Bonchev–Trinajstić information content (AvgIpc) is 3.10. The van der Waals surface area contributed by atoms with Crippen molar-refractivity contribution in [3.63, 3.8) is 0 Å². The summed E-state index contributed by atoms with van der Waals surface area (Å²) >= 11 is 12.2. The lowest BCUT2D eigenvalue weighted by molar-refractivity contribution is -0.116. The van der Waals surface area contributed by atoms with Gasteiger partial charge in [0, 0.05) is 29.0 Å². The van der Waals surface area contributed by atoms with Crippen molar-refractivity contribution in [2.75, 3.05) is 0 Å². The fourth-order valence-corrected chi connectivity index (χ4v) is 3.98. The number of nitriles is 1. The van der Waals surface area contributed by atoms with Gasteiger partial charge >= 0.3 is 0 Å². The summed E-state index contributed by atoms with van der Waals surface area (Å²) in [5, 5.41) is 10.6. The molecule has 1 aromatic carbocycles. The summed E-state index contributed by atoms with van der Waals surface area (Å²) < 4.78 is 11.6. The molecule has 1 unspecified atom stereocenters. The fourth-order valence-electron chi connectivity index (χ4n) is 3.48. The van der Waals surface area contributed by atoms with Gasteiger partial charge in [-0.1, -0.05) is 23.2 Å². The molecule has 2 heterocycles. The number of benzene rings is 1. The summed E-state index contributed by atoms with van der Waals surface area (Å²) in [4.78, 5) is 12.6. The SMILES string of the molecule is N#CC1=C(N)OC2=C(C(=O)CCC2)C1c1ccc(-c2ccc(Cl)cc2Cl)o1. The number of ketones is 1. The molecule has 5 nitrogen and oxygen atoms in total. The Balaban J connectivity index is 1.82. The number of nitrogens with two attached hydrogens (primary N) is 1. The van der Waals surface area contributed by atoms with E-state index in [1.165, 1.54) is 0 Å². The lowest BCUT2D eigenvalue weighted by Crippen LogP contribution is -2.27. The number of rotatable bonds is 2. The molecule has 1 aliphatic heterocycles. The zero-order valence-electron chi connectivity index (χ0n) is 14.1. The normalized spacial score (nSPS) is 19.6. The molecule has 7 heteroatoms. The number of nitrogens with zero attached hydrogens (tertiary/aromatic N) is 1. The standard InChI is InChI=1S/C20H14Cl2N2O3/c21-10-4-5-11(13(22)8-10)15-6-7-17(26-15)18-12(9-23)20(24)27-16-3-1-2-14(25)19(16)18/h4-8,18H,1-3,24H2. The first kappa shape index (κ1) is 17.7. The lowest BCUT2D eigenvalue weighted by Gasteiger charge is -2.29. The number of Topliss-reactive ketones (excluding diaryl/α,β-unsaturated/α-hetero) is 1. The Hall–Kier alpha value is -2.68. The van der Waals surface area contributed by atoms with Crippen molar-refractivity contribution in [2.45, 2.75) is 25.2 Å². The zero-order valence-corrected chi connectivity index (χ0v) is 15.6. The van der Waals surface area contributed by atoms with Crippen molar-refractivity contribution in [3.05, 3.63) is 68.9 Å². The number of furan rings is 1. The fraction of sp³-hybridized carbons (Fsp3) is 0.200. The molecule has 1 atom stereocenters. The maximum Gasteiger partial charge on any atom is 0.205 e. The molecule has 4 rings (SSSR count). The summed E-state index contributed by atoms with van der Waals surface area (Å²) in [5.74, 6) is 0.769. The van der Waals surface area contributed by atoms with E-state index < -0.39 is 5.92 Å². The molecule has 0 saturated carbocycles. The van der Waals surface area contributed by atoms with Gasteiger partial charge in [-0.3, -0.25) is 4.79 Å². The predicted molar refractivity (Wildman–Crippen MR) is 101 cm³/mol. The highest BCUT2D eigenvalue weighted by Gasteiger charge is 2.39. The summed E-state index contributed by atoms with van der Waals surface area (Å²) in [6.07, 6.45) is 1.71. The third-order valence-corrected chi connectivity index (χ3v) is 5.26. The van der Waals surface area contributed by atoms with Crippen LogP contribution in [-0.2, 0) is 9.53 Å². The second-order valence-electron chi connectivity index (χ2n) is 6.36. The number of halogens is 2. The van der Waals surface area contributed by atoms with Crippen LogP contribution in [-0.4, -0.2) is 5.78 Å². The van der Waals surface area contributed by atoms with Crippen molar-refractivity contribution in [3.8, 4) is 17.4 Å². The van der Waals surface area contributed by atoms with Gasteiger partial charge in [-0.2, -0.15) is 5.26 Å². The van der Waals surface area contributed by atoms with Gasteiger partial charge in [-0.15, -0.1) is 0 Å². The van der Waals surface area contributed by atoms with Crippen LogP contribution < -0.4 is 5.73 Å². The quantitative estimate of drug-likeness (QED) is 0.759. The van der Waals surface area contributed by atoms with Crippen LogP contribution in [0.15, 0.2) is 57.5 Å². The third-order valence-electron chi connectivity index (χ3n) is 4.71. The number of carbonyl (C=O) groups excluding carboxylic acids is 1. The van der Waals surface area contributed by atoms with E-state index in [-0.39, 0.29) is 17.2 Å². The highest BCUT2D eigenvalue weighted by Crippen LogP contribution is 2.44. The van der Waals surface area contributed by atoms with E-state index in [2.05, 4.69) is 6.07 Å². The summed E-state index contributed by atoms with van der Waals surface area (Å²) in [6, 6.07) is 10.6. The van der Waals surface area contributed by atoms with E-state index in [0.717, 1.165) is 0 Å². The summed E-state index contributed by atoms with van der Waals surface area (Å²) in [5.41, 5.74) is 7.23. The van der Waals surface area contributed by atoms with Crippen LogP contribution in [0.3, 0.4) is 0 Å². The van der Waals surface area contributed by atoms with Crippen LogP contribution in [0.2, 0.25) is 10.0 Å². The van der Waals surface area contributed by atoms with E-state index in [4.69, 9.17) is 38.1 Å². The second-order valence-corrected chi connectivity index (χ2v) is 7.21. The van der Waals surface area contributed by atoms with Crippen LogP contribution in [0.4, 0.5) is 0 Å². The number of allylic oxidation sites excluding steroid dienone is 3. The van der Waals surface area contributed by atoms with Crippen molar-refractivity contribution in [1.82, 2.24) is 0 Å². The Kier molecular flexibility index (Phi) is 4.47. The Morgan fingerprint density at radius 2 is 2.00 bits per heavy atom. The molecule has 2 aromatic rings. The van der Waals surface area contributed by atoms with Crippen molar-refractivity contribution >= 4 is 29.0 Å². The van der Waals surface area contributed by atoms with Gasteiger partial charge in [0.25, 0.3) is 0 Å². The maximum atomic E-state index is 12.6. The molecule has 136 valence electrons. The first-order valence-corrected chi connectivity index (χ1v) is 9.14. The molecule has 1 aromatic heterocycles. The molecule has 0 fully saturated rings. The molecule has 2 aliphatic rings. The lowest BCUT2D eigenvalue weighted by atomic mass is 9.80. The predicted octanol–water partition coefficient (Wildman–Crippen LogP) is 5.07. The Bertz CT molecular complexity index is 1060. The molecule has 0 amide bonds. The van der Waals surface area contributed by atoms with Gasteiger partial charge < -0.3 is 14.9 Å². The number of hydrogen-bond donors (Lipinski definition) is 1. The molecular weight excluding hydrogens is 387 g/mol. The van der Waals surface area contributed by atoms with Crippen molar-refractivity contribution in [1.29, 1.82) is 5.26 Å². The summed E-state index contributed by atoms with van der Waals surface area (Å²) in [7, 11) is 0. The highest BCUT2D eigenvalue weighted by atomic mass is 35.5. The van der Waals surface area contributed by atoms with Gasteiger partial charge in [0.1, 0.15) is 28.9 Å². The summed E-state index contributed by atoms with van der Waals surface area (Å²) in [6.45, 7) is 0. The first-order valence-electron chi connectivity index (χ1n) is 8.38. The third kappa shape index (κ3) is 3.01. The molecule has 1 aliphatic carbocycles. The van der Waals surface area contributed by atoms with E-state index in [9.17, 15) is 10.1 Å². The van der Waals surface area contributed by atoms with Gasteiger partial charge in [0.2, 0.25) is 5.88 Å². The van der Waals surface area contributed by atoms with Crippen LogP contribution in [0.25, 0.3) is 11.3 Å². The Labute approximate surface area is 165 Å². The van der Waals surface area contributed by atoms with Crippen molar-refractivity contribution < 1.29 is 13.9 Å². The maximum absolute atomic E-state index is 12.6. The van der Waals surface area contributed by atoms with Crippen molar-refractivity contribution in [2.24, 2.45) is 5.73 Å². The number of ether oxygens (including phenoxy) is 1. The highest BCUT2D eigenvalue weighted by molar-refractivity contribution is 6.36. The molecule has 0 saturated heterocycles. The molecule has 2 N–H and O–H groups in total. The minimum Gasteiger partial charge on any atom is -0.460 e. The molecular formula is C20H14Cl2N2O3. The van der Waals surface area contributed by atoms with E-state index in [1.807, 2.05) is 0 Å². The van der Waals surface area contributed by atoms with E-state index in [1.54, 1.807) is 30.3 Å². The number of carbonyl (C=O) groups is 1. The van der Waals surface area contributed by atoms with E-state index >= 15 is 0 Å². The minimum absolute atomic E-state index is 0.0124. The van der Waals surface area contributed by atoms with Gasteiger partial charge in [0.15, 0.2) is 5.78 Å².